The Morgan fingerprint density at radius 1 is 1.30 bits per heavy atom. The molecule has 0 atom stereocenters. The lowest BCUT2D eigenvalue weighted by Gasteiger charge is -2.05. The lowest BCUT2D eigenvalue weighted by Crippen LogP contribution is -2.20. The van der Waals surface area contributed by atoms with Crippen LogP contribution in [-0.2, 0) is 20.7 Å². The van der Waals surface area contributed by atoms with Crippen LogP contribution in [0.1, 0.15) is 30.9 Å². The van der Waals surface area contributed by atoms with Crippen LogP contribution < -0.4 is 5.32 Å². The quantitative estimate of drug-likeness (QED) is 0.614. The average molecular weight is 275 g/mol. The van der Waals surface area contributed by atoms with Crippen molar-refractivity contribution in [1.29, 1.82) is 0 Å². The van der Waals surface area contributed by atoms with E-state index in [1.807, 2.05) is 36.4 Å². The number of esters is 1. The van der Waals surface area contributed by atoms with Gasteiger partial charge in [0, 0.05) is 19.9 Å². The summed E-state index contributed by atoms with van der Waals surface area (Å²) in [5.74, 6) is -0.216. The molecule has 0 saturated carbocycles. The molecule has 1 aromatic carbocycles. The van der Waals surface area contributed by atoms with Crippen molar-refractivity contribution in [2.24, 2.45) is 0 Å². The zero-order valence-corrected chi connectivity index (χ0v) is 12.0. The molecule has 0 heterocycles. The van der Waals surface area contributed by atoms with Crippen molar-refractivity contribution >= 4 is 18.0 Å². The molecule has 0 aliphatic heterocycles. The van der Waals surface area contributed by atoms with Crippen LogP contribution in [0.5, 0.6) is 0 Å². The van der Waals surface area contributed by atoms with Crippen molar-refractivity contribution in [1.82, 2.24) is 5.32 Å². The summed E-state index contributed by atoms with van der Waals surface area (Å²) in [6.07, 6.45) is 5.87. The minimum absolute atomic E-state index is 0.0168. The Morgan fingerprint density at radius 3 is 2.75 bits per heavy atom. The summed E-state index contributed by atoms with van der Waals surface area (Å²) >= 11 is 0. The number of rotatable bonds is 7. The zero-order valence-electron chi connectivity index (χ0n) is 12.0. The standard InChI is InChI=1S/C16H21NO3/c1-13(18)17-12-6-5-9-14-7-3-4-8-15(14)10-11-16(19)20-2/h3-5,7-9H,6,10-12H2,1-2H3,(H,17,18). The first-order valence-corrected chi connectivity index (χ1v) is 6.69. The SMILES string of the molecule is COC(=O)CCc1ccccc1C=CCCNC(C)=O. The van der Waals surface area contributed by atoms with E-state index < -0.39 is 0 Å². The van der Waals surface area contributed by atoms with Crippen molar-refractivity contribution < 1.29 is 14.3 Å². The van der Waals surface area contributed by atoms with E-state index in [0.717, 1.165) is 17.5 Å². The van der Waals surface area contributed by atoms with E-state index in [9.17, 15) is 9.59 Å². The molecule has 1 N–H and O–H groups in total. The van der Waals surface area contributed by atoms with Gasteiger partial charge in [0.25, 0.3) is 0 Å². The van der Waals surface area contributed by atoms with Gasteiger partial charge in [0.2, 0.25) is 5.91 Å². The molecule has 108 valence electrons. The predicted molar refractivity (Wildman–Crippen MR) is 79.1 cm³/mol. The highest BCUT2D eigenvalue weighted by molar-refractivity contribution is 5.72. The maximum absolute atomic E-state index is 11.2. The number of methoxy groups -OCH3 is 1. The van der Waals surface area contributed by atoms with Crippen LogP contribution in [-0.4, -0.2) is 25.5 Å². The number of carbonyl (C=O) groups is 2. The molecule has 20 heavy (non-hydrogen) atoms. The highest BCUT2D eigenvalue weighted by atomic mass is 16.5. The van der Waals surface area contributed by atoms with E-state index in [1.165, 1.54) is 14.0 Å². The second-order valence-corrected chi connectivity index (χ2v) is 4.45. The van der Waals surface area contributed by atoms with Gasteiger partial charge in [0.05, 0.1) is 7.11 Å². The average Bonchev–Trinajstić information content (AvgIpc) is 2.45. The molecule has 0 bridgehead atoms. The van der Waals surface area contributed by atoms with Gasteiger partial charge < -0.3 is 10.1 Å². The Labute approximate surface area is 119 Å². The number of hydrogen-bond donors (Lipinski definition) is 1. The van der Waals surface area contributed by atoms with E-state index in [0.29, 0.717) is 19.4 Å². The van der Waals surface area contributed by atoms with Gasteiger partial charge in [-0.05, 0) is 24.0 Å². The highest BCUT2D eigenvalue weighted by Gasteiger charge is 2.03. The van der Waals surface area contributed by atoms with E-state index in [-0.39, 0.29) is 11.9 Å². The first-order valence-electron chi connectivity index (χ1n) is 6.69. The van der Waals surface area contributed by atoms with Gasteiger partial charge in [-0.2, -0.15) is 0 Å². The van der Waals surface area contributed by atoms with E-state index in [1.54, 1.807) is 0 Å². The topological polar surface area (TPSA) is 55.4 Å². The summed E-state index contributed by atoms with van der Waals surface area (Å²) in [6.45, 7) is 2.14. The molecule has 4 nitrogen and oxygen atoms in total. The van der Waals surface area contributed by atoms with E-state index >= 15 is 0 Å². The van der Waals surface area contributed by atoms with Crippen LogP contribution in [0.2, 0.25) is 0 Å². The third-order valence-electron chi connectivity index (χ3n) is 2.86. The fourth-order valence-corrected chi connectivity index (χ4v) is 1.81. The van der Waals surface area contributed by atoms with Gasteiger partial charge in [-0.1, -0.05) is 36.4 Å². The monoisotopic (exact) mass is 275 g/mol. The predicted octanol–water partition coefficient (Wildman–Crippen LogP) is 2.33. The molecule has 0 aliphatic carbocycles. The van der Waals surface area contributed by atoms with Crippen molar-refractivity contribution in [3.63, 3.8) is 0 Å². The highest BCUT2D eigenvalue weighted by Crippen LogP contribution is 2.13. The number of hydrogen-bond acceptors (Lipinski definition) is 3. The molecule has 0 unspecified atom stereocenters. The summed E-state index contributed by atoms with van der Waals surface area (Å²) in [5, 5.41) is 2.74. The molecule has 0 fully saturated rings. The van der Waals surface area contributed by atoms with E-state index in [4.69, 9.17) is 0 Å². The molecule has 0 spiro atoms. The molecule has 0 radical (unpaired) electrons. The third kappa shape index (κ3) is 6.18. The smallest absolute Gasteiger partial charge is 0.305 e. The maximum Gasteiger partial charge on any atom is 0.305 e. The Kier molecular flexibility index (Phi) is 7.11. The van der Waals surface area contributed by atoms with Crippen LogP contribution >= 0.6 is 0 Å². The van der Waals surface area contributed by atoms with Crippen LogP contribution in [0.25, 0.3) is 6.08 Å². The molecule has 4 heteroatoms. The fraction of sp³-hybridized carbons (Fsp3) is 0.375. The number of nitrogens with one attached hydrogen (secondary N) is 1. The molecule has 0 saturated heterocycles. The van der Waals surface area contributed by atoms with E-state index in [2.05, 4.69) is 10.1 Å². The Hall–Kier alpha value is -2.10. The van der Waals surface area contributed by atoms with Crippen molar-refractivity contribution in [3.8, 4) is 0 Å². The summed E-state index contributed by atoms with van der Waals surface area (Å²) in [6, 6.07) is 7.95. The van der Waals surface area contributed by atoms with Crippen molar-refractivity contribution in [2.75, 3.05) is 13.7 Å². The largest absolute Gasteiger partial charge is 0.469 e. The Morgan fingerprint density at radius 2 is 2.05 bits per heavy atom. The first kappa shape index (κ1) is 16.0. The van der Waals surface area contributed by atoms with Gasteiger partial charge >= 0.3 is 5.97 Å². The van der Waals surface area contributed by atoms with Crippen molar-refractivity contribution in [3.05, 3.63) is 41.5 Å². The minimum Gasteiger partial charge on any atom is -0.469 e. The second-order valence-electron chi connectivity index (χ2n) is 4.45. The lowest BCUT2D eigenvalue weighted by atomic mass is 10.0. The van der Waals surface area contributed by atoms with Gasteiger partial charge in [0.15, 0.2) is 0 Å². The normalized spacial score (nSPS) is 10.5. The number of benzene rings is 1. The van der Waals surface area contributed by atoms with Crippen LogP contribution in [0, 0.1) is 0 Å². The molecule has 1 aromatic rings. The van der Waals surface area contributed by atoms with Gasteiger partial charge in [-0.25, -0.2) is 0 Å². The summed E-state index contributed by atoms with van der Waals surface area (Å²) in [5.41, 5.74) is 2.22. The molecule has 0 aliphatic rings. The molecule has 1 rings (SSSR count). The number of ether oxygens (including phenoxy) is 1. The third-order valence-corrected chi connectivity index (χ3v) is 2.86. The molecule has 0 aromatic heterocycles. The molecular formula is C16H21NO3. The van der Waals surface area contributed by atoms with Gasteiger partial charge in [-0.15, -0.1) is 0 Å². The Bertz CT molecular complexity index is 480. The molecule has 1 amide bonds. The zero-order chi connectivity index (χ0) is 14.8. The second kappa shape index (κ2) is 8.91. The number of aryl methyl sites for hydroxylation is 1. The number of carbonyl (C=O) groups excluding carboxylic acids is 2. The minimum atomic E-state index is -0.200. The van der Waals surface area contributed by atoms with Gasteiger partial charge in [0.1, 0.15) is 0 Å². The van der Waals surface area contributed by atoms with Crippen molar-refractivity contribution in [2.45, 2.75) is 26.2 Å². The first-order chi connectivity index (χ1) is 9.63. The fourth-order valence-electron chi connectivity index (χ4n) is 1.81. The van der Waals surface area contributed by atoms with Crippen LogP contribution in [0.3, 0.4) is 0 Å². The lowest BCUT2D eigenvalue weighted by molar-refractivity contribution is -0.140. The van der Waals surface area contributed by atoms with Crippen LogP contribution in [0.15, 0.2) is 30.3 Å². The maximum atomic E-state index is 11.2. The summed E-state index contributed by atoms with van der Waals surface area (Å²) in [7, 11) is 1.40. The Balaban J connectivity index is 2.54. The van der Waals surface area contributed by atoms with Gasteiger partial charge in [-0.3, -0.25) is 9.59 Å². The summed E-state index contributed by atoms with van der Waals surface area (Å²) < 4.78 is 4.65. The summed E-state index contributed by atoms with van der Waals surface area (Å²) in [4.78, 5) is 21.9. The van der Waals surface area contributed by atoms with Crippen LogP contribution in [0.4, 0.5) is 0 Å². The number of amides is 1. The molecular weight excluding hydrogens is 254 g/mol.